The summed E-state index contributed by atoms with van der Waals surface area (Å²) in [5, 5.41) is 6.89. The predicted molar refractivity (Wildman–Crippen MR) is 115 cm³/mol. The summed E-state index contributed by atoms with van der Waals surface area (Å²) in [5.74, 6) is 0.0316. The molecule has 1 saturated heterocycles. The second-order valence-electron chi connectivity index (χ2n) is 7.87. The minimum atomic E-state index is -4.52. The van der Waals surface area contributed by atoms with E-state index in [1.165, 1.54) is 12.1 Å². The molecule has 2 heterocycles. The van der Waals surface area contributed by atoms with Crippen LogP contribution in [0, 0.1) is 0 Å². The number of anilines is 1. The van der Waals surface area contributed by atoms with Gasteiger partial charge in [0, 0.05) is 43.1 Å². The zero-order valence-corrected chi connectivity index (χ0v) is 17.7. The van der Waals surface area contributed by atoms with Crippen LogP contribution in [0.3, 0.4) is 0 Å². The first-order valence-electron chi connectivity index (χ1n) is 10.2. The van der Waals surface area contributed by atoms with E-state index in [4.69, 9.17) is 4.74 Å². The lowest BCUT2D eigenvalue weighted by atomic mass is 10.1. The van der Waals surface area contributed by atoms with Crippen molar-refractivity contribution in [3.8, 4) is 17.0 Å². The first-order chi connectivity index (χ1) is 15.2. The van der Waals surface area contributed by atoms with Crippen LogP contribution in [0.15, 0.2) is 54.7 Å². The van der Waals surface area contributed by atoms with Crippen LogP contribution in [-0.4, -0.2) is 46.8 Å². The molecule has 1 aliphatic heterocycles. The number of amides is 1. The maximum Gasteiger partial charge on any atom is 0.416 e. The van der Waals surface area contributed by atoms with Gasteiger partial charge in [-0.15, -0.1) is 0 Å². The second-order valence-corrected chi connectivity index (χ2v) is 7.87. The Hall–Kier alpha value is -3.33. The third kappa shape index (κ3) is 4.77. The summed E-state index contributed by atoms with van der Waals surface area (Å²) in [6.45, 7) is 1.77. The molecule has 1 atom stereocenters. The number of halogens is 3. The zero-order chi connectivity index (χ0) is 22.9. The molecule has 9 heteroatoms. The number of likely N-dealkylation sites (N-methyl/N-ethyl adjacent to an activating group) is 1. The normalized spacial score (nSPS) is 16.8. The van der Waals surface area contributed by atoms with Crippen LogP contribution in [0.4, 0.5) is 18.9 Å². The van der Waals surface area contributed by atoms with Crippen LogP contribution >= 0.6 is 0 Å². The number of aromatic nitrogens is 2. The van der Waals surface area contributed by atoms with Crippen LogP contribution in [0.1, 0.15) is 22.3 Å². The minimum Gasteiger partial charge on any atom is -0.488 e. The Morgan fingerprint density at radius 3 is 2.62 bits per heavy atom. The smallest absolute Gasteiger partial charge is 0.416 e. The highest BCUT2D eigenvalue weighted by Gasteiger charge is 2.31. The minimum absolute atomic E-state index is 0.0533. The molecule has 0 aliphatic carbocycles. The third-order valence-electron chi connectivity index (χ3n) is 5.43. The van der Waals surface area contributed by atoms with Gasteiger partial charge >= 0.3 is 6.18 Å². The SMILES string of the molecule is CN1CC[C@@H](Oc2ccc(NC(=O)c3cccc(C(F)(F)F)c3)cc2-c2ccnn2C)C1. The molecule has 2 aromatic carbocycles. The molecule has 4 rings (SSSR count). The van der Waals surface area contributed by atoms with Gasteiger partial charge in [0.15, 0.2) is 0 Å². The molecule has 1 fully saturated rings. The standard InChI is InChI=1S/C23H23F3N4O2/c1-29-11-9-18(14-29)32-21-7-6-17(13-19(21)20-8-10-27-30(20)2)28-22(31)15-4-3-5-16(12-15)23(24,25)26/h3-8,10,12-13,18H,9,11,14H2,1-2H3,(H,28,31)/t18-/m1/s1. The van der Waals surface area contributed by atoms with Gasteiger partial charge in [0.2, 0.25) is 0 Å². The number of nitrogens with zero attached hydrogens (tertiary/aromatic N) is 3. The molecular weight excluding hydrogens is 421 g/mol. The lowest BCUT2D eigenvalue weighted by Crippen LogP contribution is -2.21. The van der Waals surface area contributed by atoms with Gasteiger partial charge in [-0.25, -0.2) is 0 Å². The van der Waals surface area contributed by atoms with E-state index in [0.29, 0.717) is 11.4 Å². The summed E-state index contributed by atoms with van der Waals surface area (Å²) in [5.41, 5.74) is 1.03. The van der Waals surface area contributed by atoms with Crippen molar-refractivity contribution in [1.82, 2.24) is 14.7 Å². The summed E-state index contributed by atoms with van der Waals surface area (Å²) >= 11 is 0. The van der Waals surface area contributed by atoms with Crippen LogP contribution in [-0.2, 0) is 13.2 Å². The maximum absolute atomic E-state index is 13.0. The summed E-state index contributed by atoms with van der Waals surface area (Å²) in [6, 6.07) is 11.4. The van der Waals surface area contributed by atoms with Crippen LogP contribution in [0.2, 0.25) is 0 Å². The van der Waals surface area contributed by atoms with Crippen LogP contribution < -0.4 is 10.1 Å². The molecule has 1 amide bonds. The average Bonchev–Trinajstić information content (AvgIpc) is 3.36. The summed E-state index contributed by atoms with van der Waals surface area (Å²) in [6.07, 6.45) is -1.89. The Labute approximate surface area is 183 Å². The largest absolute Gasteiger partial charge is 0.488 e. The maximum atomic E-state index is 13.0. The summed E-state index contributed by atoms with van der Waals surface area (Å²) in [4.78, 5) is 14.8. The van der Waals surface area contributed by atoms with E-state index in [1.807, 2.05) is 13.1 Å². The molecule has 3 aromatic rings. The molecule has 0 bridgehead atoms. The molecule has 0 radical (unpaired) electrons. The molecular formula is C23H23F3N4O2. The fourth-order valence-corrected chi connectivity index (χ4v) is 3.76. The summed E-state index contributed by atoms with van der Waals surface area (Å²) < 4.78 is 46.9. The van der Waals surface area contributed by atoms with Crippen molar-refractivity contribution in [3.05, 3.63) is 65.9 Å². The van der Waals surface area contributed by atoms with Crippen molar-refractivity contribution < 1.29 is 22.7 Å². The highest BCUT2D eigenvalue weighted by molar-refractivity contribution is 6.04. The van der Waals surface area contributed by atoms with E-state index in [9.17, 15) is 18.0 Å². The van der Waals surface area contributed by atoms with Gasteiger partial charge in [-0.3, -0.25) is 9.48 Å². The molecule has 1 aliphatic rings. The fraction of sp³-hybridized carbons (Fsp3) is 0.304. The highest BCUT2D eigenvalue weighted by atomic mass is 19.4. The Balaban J connectivity index is 1.61. The number of carbonyl (C=O) groups excluding carboxylic acids is 1. The number of nitrogens with one attached hydrogen (secondary N) is 1. The topological polar surface area (TPSA) is 59.4 Å². The monoisotopic (exact) mass is 444 g/mol. The number of rotatable bonds is 5. The molecule has 1 N–H and O–H groups in total. The number of likely N-dealkylation sites (tertiary alicyclic amines) is 1. The van der Waals surface area contributed by atoms with Crippen LogP contribution in [0.25, 0.3) is 11.3 Å². The lowest BCUT2D eigenvalue weighted by molar-refractivity contribution is -0.137. The van der Waals surface area contributed by atoms with Gasteiger partial charge in [0.05, 0.1) is 11.3 Å². The number of alkyl halides is 3. The van der Waals surface area contributed by atoms with Crippen molar-refractivity contribution in [2.24, 2.45) is 7.05 Å². The third-order valence-corrected chi connectivity index (χ3v) is 5.43. The first kappa shape index (κ1) is 21.9. The Kier molecular flexibility index (Phi) is 5.92. The van der Waals surface area contributed by atoms with Gasteiger partial charge < -0.3 is 15.0 Å². The van der Waals surface area contributed by atoms with Crippen molar-refractivity contribution in [1.29, 1.82) is 0 Å². The second kappa shape index (κ2) is 8.66. The Morgan fingerprint density at radius 2 is 1.97 bits per heavy atom. The fourth-order valence-electron chi connectivity index (χ4n) is 3.76. The van der Waals surface area contributed by atoms with Crippen LogP contribution in [0.5, 0.6) is 5.75 Å². The Morgan fingerprint density at radius 1 is 1.16 bits per heavy atom. The van der Waals surface area contributed by atoms with E-state index in [1.54, 1.807) is 36.1 Å². The molecule has 168 valence electrons. The Bertz CT molecular complexity index is 1130. The van der Waals surface area contributed by atoms with Crippen molar-refractivity contribution in [3.63, 3.8) is 0 Å². The van der Waals surface area contributed by atoms with Gasteiger partial charge in [-0.05, 0) is 55.9 Å². The van der Waals surface area contributed by atoms with Crippen molar-refractivity contribution in [2.45, 2.75) is 18.7 Å². The van der Waals surface area contributed by atoms with Gasteiger partial charge in [0.25, 0.3) is 5.91 Å². The number of hydrogen-bond donors (Lipinski definition) is 1. The van der Waals surface area contributed by atoms with E-state index < -0.39 is 17.6 Å². The van der Waals surface area contributed by atoms with Gasteiger partial charge in [-0.2, -0.15) is 18.3 Å². The van der Waals surface area contributed by atoms with E-state index >= 15 is 0 Å². The molecule has 0 saturated carbocycles. The van der Waals surface area contributed by atoms with E-state index in [-0.39, 0.29) is 11.7 Å². The number of aryl methyl sites for hydroxylation is 1. The van der Waals surface area contributed by atoms with Crippen molar-refractivity contribution >= 4 is 11.6 Å². The lowest BCUT2D eigenvalue weighted by Gasteiger charge is -2.18. The predicted octanol–water partition coefficient (Wildman–Crippen LogP) is 4.44. The van der Waals surface area contributed by atoms with Crippen molar-refractivity contribution in [2.75, 3.05) is 25.5 Å². The van der Waals surface area contributed by atoms with Gasteiger partial charge in [-0.1, -0.05) is 6.07 Å². The number of carbonyl (C=O) groups is 1. The first-order valence-corrected chi connectivity index (χ1v) is 10.2. The number of ether oxygens (including phenoxy) is 1. The number of benzene rings is 2. The van der Waals surface area contributed by atoms with Gasteiger partial charge in [0.1, 0.15) is 11.9 Å². The highest BCUT2D eigenvalue weighted by Crippen LogP contribution is 2.34. The molecule has 0 unspecified atom stereocenters. The van der Waals surface area contributed by atoms with E-state index in [0.717, 1.165) is 42.9 Å². The molecule has 0 spiro atoms. The zero-order valence-electron chi connectivity index (χ0n) is 17.7. The molecule has 6 nitrogen and oxygen atoms in total. The quantitative estimate of drug-likeness (QED) is 0.632. The van der Waals surface area contributed by atoms with E-state index in [2.05, 4.69) is 15.3 Å². The molecule has 32 heavy (non-hydrogen) atoms. The summed E-state index contributed by atoms with van der Waals surface area (Å²) in [7, 11) is 3.84. The average molecular weight is 444 g/mol. The number of hydrogen-bond acceptors (Lipinski definition) is 4. The molecule has 1 aromatic heterocycles.